The van der Waals surface area contributed by atoms with Gasteiger partial charge in [-0.2, -0.15) is 0 Å². The summed E-state index contributed by atoms with van der Waals surface area (Å²) in [5.74, 6) is 0. The lowest BCUT2D eigenvalue weighted by atomic mass is 10.1. The van der Waals surface area contributed by atoms with Gasteiger partial charge in [-0.05, 0) is 30.2 Å². The van der Waals surface area contributed by atoms with Crippen molar-refractivity contribution in [3.8, 4) is 0 Å². The van der Waals surface area contributed by atoms with E-state index in [9.17, 15) is 0 Å². The zero-order valence-corrected chi connectivity index (χ0v) is 12.9. The fraction of sp³-hybridized carbons (Fsp3) is 0.143. The number of hydrogen-bond donors (Lipinski definition) is 1. The Hall–Kier alpha value is -0.700. The van der Waals surface area contributed by atoms with Gasteiger partial charge in [-0.15, -0.1) is 0 Å². The average Bonchev–Trinajstić information content (AvgIpc) is 2.30. The van der Waals surface area contributed by atoms with Crippen LogP contribution < -0.4 is 5.32 Å². The quantitative estimate of drug-likeness (QED) is 0.755. The third-order valence-corrected chi connectivity index (χ3v) is 3.78. The van der Waals surface area contributed by atoms with Gasteiger partial charge in [-0.3, -0.25) is 0 Å². The highest BCUT2D eigenvalue weighted by Crippen LogP contribution is 2.34. The molecule has 0 radical (unpaired) electrons. The van der Waals surface area contributed by atoms with E-state index < -0.39 is 0 Å². The van der Waals surface area contributed by atoms with E-state index in [4.69, 9.17) is 23.2 Å². The maximum atomic E-state index is 6.16. The molecule has 0 aromatic heterocycles. The standard InChI is InChI=1S/C14H12BrCl2N/c1-9-4-2-3-5-10(9)8-18-14-12(16)6-11(15)7-13(14)17/h2-7,18H,8H2,1H3. The molecule has 0 heterocycles. The summed E-state index contributed by atoms with van der Waals surface area (Å²) < 4.78 is 0.874. The summed E-state index contributed by atoms with van der Waals surface area (Å²) in [4.78, 5) is 0. The van der Waals surface area contributed by atoms with Crippen molar-refractivity contribution in [1.29, 1.82) is 0 Å². The van der Waals surface area contributed by atoms with Crippen LogP contribution in [0.4, 0.5) is 5.69 Å². The molecule has 4 heteroatoms. The van der Waals surface area contributed by atoms with Gasteiger partial charge in [0.1, 0.15) is 0 Å². The first-order chi connectivity index (χ1) is 8.58. The van der Waals surface area contributed by atoms with Gasteiger partial charge in [0.25, 0.3) is 0 Å². The molecule has 18 heavy (non-hydrogen) atoms. The molecule has 2 aromatic rings. The van der Waals surface area contributed by atoms with Gasteiger partial charge in [0, 0.05) is 11.0 Å². The number of anilines is 1. The fourth-order valence-corrected chi connectivity index (χ4v) is 3.05. The van der Waals surface area contributed by atoms with Crippen LogP contribution in [-0.4, -0.2) is 0 Å². The summed E-state index contributed by atoms with van der Waals surface area (Å²) in [7, 11) is 0. The Morgan fingerprint density at radius 1 is 1.11 bits per heavy atom. The lowest BCUT2D eigenvalue weighted by molar-refractivity contribution is 1.12. The summed E-state index contributed by atoms with van der Waals surface area (Å²) in [5.41, 5.74) is 3.24. The number of hydrogen-bond acceptors (Lipinski definition) is 1. The summed E-state index contributed by atoms with van der Waals surface area (Å²) in [6, 6.07) is 11.9. The van der Waals surface area contributed by atoms with Gasteiger partial charge in [0.2, 0.25) is 0 Å². The van der Waals surface area contributed by atoms with E-state index in [1.54, 1.807) is 0 Å². The molecule has 0 saturated heterocycles. The molecule has 0 atom stereocenters. The van der Waals surface area contributed by atoms with Crippen LogP contribution >= 0.6 is 39.1 Å². The monoisotopic (exact) mass is 343 g/mol. The molecule has 0 fully saturated rings. The Morgan fingerprint density at radius 2 is 1.72 bits per heavy atom. The minimum atomic E-state index is 0.614. The van der Waals surface area contributed by atoms with Crippen molar-refractivity contribution in [2.75, 3.05) is 5.32 Å². The maximum absolute atomic E-state index is 6.16. The number of aryl methyl sites for hydroxylation is 1. The van der Waals surface area contributed by atoms with Crippen LogP contribution in [-0.2, 0) is 6.54 Å². The van der Waals surface area contributed by atoms with Gasteiger partial charge < -0.3 is 5.32 Å². The van der Waals surface area contributed by atoms with Gasteiger partial charge >= 0.3 is 0 Å². The SMILES string of the molecule is Cc1ccccc1CNc1c(Cl)cc(Br)cc1Cl. The third-order valence-electron chi connectivity index (χ3n) is 2.72. The van der Waals surface area contributed by atoms with E-state index in [0.717, 1.165) is 10.2 Å². The van der Waals surface area contributed by atoms with Crippen LogP contribution in [0.1, 0.15) is 11.1 Å². The third kappa shape index (κ3) is 3.19. The van der Waals surface area contributed by atoms with E-state index in [2.05, 4.69) is 40.3 Å². The lowest BCUT2D eigenvalue weighted by Crippen LogP contribution is -2.02. The number of benzene rings is 2. The highest BCUT2D eigenvalue weighted by molar-refractivity contribution is 9.10. The zero-order valence-electron chi connectivity index (χ0n) is 9.81. The Kier molecular flexibility index (Phi) is 4.55. The first-order valence-corrected chi connectivity index (χ1v) is 7.06. The Morgan fingerprint density at radius 3 is 2.33 bits per heavy atom. The molecule has 0 aliphatic carbocycles. The summed E-state index contributed by atoms with van der Waals surface area (Å²) in [5, 5.41) is 4.51. The largest absolute Gasteiger partial charge is 0.379 e. The summed E-state index contributed by atoms with van der Waals surface area (Å²) >= 11 is 15.7. The number of nitrogens with one attached hydrogen (secondary N) is 1. The maximum Gasteiger partial charge on any atom is 0.0722 e. The predicted octanol–water partition coefficient (Wildman–Crippen LogP) is 5.68. The molecule has 0 amide bonds. The second-order valence-corrected chi connectivity index (χ2v) is 5.75. The molecule has 0 aliphatic rings. The van der Waals surface area contributed by atoms with Crippen LogP contribution in [0.2, 0.25) is 10.0 Å². The molecule has 0 bridgehead atoms. The van der Waals surface area contributed by atoms with Crippen LogP contribution in [0.25, 0.3) is 0 Å². The Bertz CT molecular complexity index is 546. The number of rotatable bonds is 3. The molecule has 0 spiro atoms. The van der Waals surface area contributed by atoms with Crippen LogP contribution in [0.15, 0.2) is 40.9 Å². The van der Waals surface area contributed by atoms with Crippen molar-refractivity contribution in [3.63, 3.8) is 0 Å². The van der Waals surface area contributed by atoms with E-state index in [-0.39, 0.29) is 0 Å². The smallest absolute Gasteiger partial charge is 0.0722 e. The predicted molar refractivity (Wildman–Crippen MR) is 82.7 cm³/mol. The topological polar surface area (TPSA) is 12.0 Å². The van der Waals surface area contributed by atoms with E-state index in [1.807, 2.05) is 24.3 Å². The van der Waals surface area contributed by atoms with Crippen LogP contribution in [0.3, 0.4) is 0 Å². The molecule has 0 aliphatic heterocycles. The lowest BCUT2D eigenvalue weighted by Gasteiger charge is -2.12. The molecule has 94 valence electrons. The van der Waals surface area contributed by atoms with Gasteiger partial charge in [0.15, 0.2) is 0 Å². The molecular weight excluding hydrogens is 333 g/mol. The zero-order chi connectivity index (χ0) is 13.1. The second-order valence-electron chi connectivity index (χ2n) is 4.02. The summed E-state index contributed by atoms with van der Waals surface area (Å²) in [6.07, 6.45) is 0. The van der Waals surface area contributed by atoms with Crippen molar-refractivity contribution in [2.45, 2.75) is 13.5 Å². The molecule has 0 unspecified atom stereocenters. The molecular formula is C14H12BrCl2N. The highest BCUT2D eigenvalue weighted by Gasteiger charge is 2.07. The Labute approximate surface area is 125 Å². The van der Waals surface area contributed by atoms with Crippen molar-refractivity contribution in [3.05, 3.63) is 62.0 Å². The van der Waals surface area contributed by atoms with Crippen molar-refractivity contribution in [1.82, 2.24) is 0 Å². The molecule has 2 aromatic carbocycles. The first-order valence-electron chi connectivity index (χ1n) is 5.51. The van der Waals surface area contributed by atoms with Crippen molar-refractivity contribution >= 4 is 44.8 Å². The van der Waals surface area contributed by atoms with E-state index >= 15 is 0 Å². The van der Waals surface area contributed by atoms with Gasteiger partial charge in [0.05, 0.1) is 15.7 Å². The first kappa shape index (κ1) is 13.7. The molecule has 1 nitrogen and oxygen atoms in total. The van der Waals surface area contributed by atoms with Crippen LogP contribution in [0, 0.1) is 6.92 Å². The minimum Gasteiger partial charge on any atom is -0.379 e. The molecule has 1 N–H and O–H groups in total. The minimum absolute atomic E-state index is 0.614. The van der Waals surface area contributed by atoms with Crippen molar-refractivity contribution < 1.29 is 0 Å². The van der Waals surface area contributed by atoms with Crippen LogP contribution in [0.5, 0.6) is 0 Å². The normalized spacial score (nSPS) is 10.4. The highest BCUT2D eigenvalue weighted by atomic mass is 79.9. The fourth-order valence-electron chi connectivity index (χ4n) is 1.70. The molecule has 2 rings (SSSR count). The summed E-state index contributed by atoms with van der Waals surface area (Å²) in [6.45, 7) is 2.79. The Balaban J connectivity index is 2.19. The molecule has 0 saturated carbocycles. The average molecular weight is 345 g/mol. The second kappa shape index (κ2) is 5.96. The van der Waals surface area contributed by atoms with E-state index in [0.29, 0.717) is 16.6 Å². The van der Waals surface area contributed by atoms with Crippen molar-refractivity contribution in [2.24, 2.45) is 0 Å². The van der Waals surface area contributed by atoms with Gasteiger partial charge in [-0.25, -0.2) is 0 Å². The van der Waals surface area contributed by atoms with E-state index in [1.165, 1.54) is 11.1 Å². The van der Waals surface area contributed by atoms with Gasteiger partial charge in [-0.1, -0.05) is 63.4 Å². The number of halogens is 3.